The normalized spacial score (nSPS) is 27.0. The van der Waals surface area contributed by atoms with Gasteiger partial charge in [-0.25, -0.2) is 0 Å². The van der Waals surface area contributed by atoms with Crippen molar-refractivity contribution in [1.29, 1.82) is 0 Å². The zero-order valence-corrected chi connectivity index (χ0v) is 11.3. The first kappa shape index (κ1) is 11.9. The molecule has 2 aliphatic rings. The first-order valence-corrected chi connectivity index (χ1v) is 7.18. The van der Waals surface area contributed by atoms with E-state index < -0.39 is 0 Å². The number of rotatable bonds is 2. The highest BCUT2D eigenvalue weighted by Crippen LogP contribution is 2.39. The molecule has 2 atom stereocenters. The molecule has 18 heavy (non-hydrogen) atoms. The molecular weight excluding hydrogens is 242 g/mol. The number of aromatic nitrogens is 1. The van der Waals surface area contributed by atoms with E-state index in [2.05, 4.69) is 9.88 Å². The highest BCUT2D eigenvalue weighted by atomic mass is 32.1. The number of hydrogen-bond donors (Lipinski definition) is 1. The quantitative estimate of drug-likeness (QED) is 0.831. The van der Waals surface area contributed by atoms with Gasteiger partial charge in [0, 0.05) is 24.3 Å². The molecule has 0 aromatic carbocycles. The average Bonchev–Trinajstić information content (AvgIpc) is 2.82. The smallest absolute Gasteiger partial charge is 0.106 e. The largest absolute Gasteiger partial charge is 0.389 e. The summed E-state index contributed by atoms with van der Waals surface area (Å²) in [6.07, 6.45) is 10.4. The summed E-state index contributed by atoms with van der Waals surface area (Å²) in [5.41, 5.74) is 7.94. The molecule has 1 saturated carbocycles. The summed E-state index contributed by atoms with van der Waals surface area (Å²) in [4.78, 5) is 7.22. The number of nitrogens with zero attached hydrogens (tertiary/aromatic N) is 2. The lowest BCUT2D eigenvalue weighted by molar-refractivity contribution is 0.342. The monoisotopic (exact) mass is 261 g/mol. The molecule has 3 rings (SSSR count). The molecule has 2 fully saturated rings. The number of nitrogens with two attached hydrogens (primary N) is 1. The van der Waals surface area contributed by atoms with Gasteiger partial charge in [-0.05, 0) is 31.2 Å². The van der Waals surface area contributed by atoms with Crippen LogP contribution >= 0.6 is 12.2 Å². The number of anilines is 1. The second kappa shape index (κ2) is 4.84. The fraction of sp³-hybridized carbons (Fsp3) is 0.571. The van der Waals surface area contributed by atoms with Gasteiger partial charge in [-0.2, -0.15) is 0 Å². The first-order chi connectivity index (χ1) is 8.77. The highest BCUT2D eigenvalue weighted by Gasteiger charge is 2.36. The van der Waals surface area contributed by atoms with Crippen LogP contribution in [0, 0.1) is 5.92 Å². The van der Waals surface area contributed by atoms with E-state index in [0.717, 1.165) is 23.7 Å². The molecule has 4 heteroatoms. The minimum absolute atomic E-state index is 0.478. The summed E-state index contributed by atoms with van der Waals surface area (Å²) < 4.78 is 0. The van der Waals surface area contributed by atoms with Gasteiger partial charge >= 0.3 is 0 Å². The summed E-state index contributed by atoms with van der Waals surface area (Å²) in [6, 6.07) is 2.62. The van der Waals surface area contributed by atoms with Crippen LogP contribution < -0.4 is 10.6 Å². The summed E-state index contributed by atoms with van der Waals surface area (Å²) in [5.74, 6) is 0.859. The molecule has 1 aromatic rings. The van der Waals surface area contributed by atoms with Crippen LogP contribution in [0.15, 0.2) is 18.5 Å². The molecule has 1 aliphatic carbocycles. The van der Waals surface area contributed by atoms with Crippen molar-refractivity contribution in [1.82, 2.24) is 4.98 Å². The Hall–Kier alpha value is -1.16. The Morgan fingerprint density at radius 1 is 1.33 bits per heavy atom. The number of hydrogen-bond acceptors (Lipinski definition) is 3. The fourth-order valence-corrected chi connectivity index (χ4v) is 3.70. The van der Waals surface area contributed by atoms with Crippen molar-refractivity contribution in [2.24, 2.45) is 11.7 Å². The maximum absolute atomic E-state index is 5.83. The van der Waals surface area contributed by atoms with Crippen molar-refractivity contribution in [3.05, 3.63) is 24.0 Å². The van der Waals surface area contributed by atoms with Crippen LogP contribution in [-0.2, 0) is 0 Å². The van der Waals surface area contributed by atoms with E-state index in [-0.39, 0.29) is 0 Å². The van der Waals surface area contributed by atoms with Gasteiger partial charge in [-0.3, -0.25) is 4.98 Å². The maximum Gasteiger partial charge on any atom is 0.106 e. The van der Waals surface area contributed by atoms with Crippen LogP contribution in [0.25, 0.3) is 0 Å². The molecule has 1 aromatic heterocycles. The van der Waals surface area contributed by atoms with E-state index in [4.69, 9.17) is 18.0 Å². The van der Waals surface area contributed by atoms with E-state index in [1.165, 1.54) is 32.1 Å². The molecule has 0 amide bonds. The van der Waals surface area contributed by atoms with Crippen molar-refractivity contribution >= 4 is 22.9 Å². The van der Waals surface area contributed by atoms with E-state index >= 15 is 0 Å². The second-order valence-electron chi connectivity index (χ2n) is 5.35. The summed E-state index contributed by atoms with van der Waals surface area (Å²) >= 11 is 5.16. The lowest BCUT2D eigenvalue weighted by atomic mass is 9.85. The molecule has 0 bridgehead atoms. The zero-order chi connectivity index (χ0) is 12.5. The standard InChI is InChI=1S/C14H19N3S/c15-14(18)11-5-7-16-9-13(11)17-8-6-10-3-1-2-4-12(10)17/h5,7,9-10,12H,1-4,6,8H2,(H2,15,18). The highest BCUT2D eigenvalue weighted by molar-refractivity contribution is 7.80. The van der Waals surface area contributed by atoms with Crippen LogP contribution in [0.5, 0.6) is 0 Å². The van der Waals surface area contributed by atoms with Crippen molar-refractivity contribution in [3.8, 4) is 0 Å². The average molecular weight is 261 g/mol. The maximum atomic E-state index is 5.83. The molecule has 0 radical (unpaired) electrons. The fourth-order valence-electron chi connectivity index (χ4n) is 3.53. The third-order valence-electron chi connectivity index (χ3n) is 4.39. The molecule has 1 saturated heterocycles. The third kappa shape index (κ3) is 1.99. The number of fused-ring (bicyclic) bond motifs is 1. The third-order valence-corrected chi connectivity index (χ3v) is 4.60. The van der Waals surface area contributed by atoms with Crippen molar-refractivity contribution in [2.45, 2.75) is 38.1 Å². The molecular formula is C14H19N3S. The Kier molecular flexibility index (Phi) is 3.20. The van der Waals surface area contributed by atoms with Crippen molar-refractivity contribution in [3.63, 3.8) is 0 Å². The Morgan fingerprint density at radius 3 is 3.00 bits per heavy atom. The van der Waals surface area contributed by atoms with Crippen molar-refractivity contribution in [2.75, 3.05) is 11.4 Å². The van der Waals surface area contributed by atoms with Gasteiger partial charge in [0.05, 0.1) is 11.9 Å². The molecule has 3 nitrogen and oxygen atoms in total. The van der Waals surface area contributed by atoms with E-state index in [0.29, 0.717) is 11.0 Å². The van der Waals surface area contributed by atoms with Crippen LogP contribution in [0.2, 0.25) is 0 Å². The minimum Gasteiger partial charge on any atom is -0.389 e. The number of pyridine rings is 1. The lowest BCUT2D eigenvalue weighted by Gasteiger charge is -2.33. The van der Waals surface area contributed by atoms with E-state index in [1.807, 2.05) is 12.3 Å². The Bertz CT molecular complexity index is 460. The topological polar surface area (TPSA) is 42.1 Å². The molecule has 2 N–H and O–H groups in total. The second-order valence-corrected chi connectivity index (χ2v) is 5.79. The first-order valence-electron chi connectivity index (χ1n) is 6.78. The molecule has 2 unspecified atom stereocenters. The van der Waals surface area contributed by atoms with E-state index in [1.54, 1.807) is 6.20 Å². The summed E-state index contributed by atoms with van der Waals surface area (Å²) in [5, 5.41) is 0. The molecule has 96 valence electrons. The molecule has 2 heterocycles. The predicted octanol–water partition coefficient (Wildman–Crippen LogP) is 2.48. The van der Waals surface area contributed by atoms with Gasteiger partial charge in [0.25, 0.3) is 0 Å². The van der Waals surface area contributed by atoms with Crippen LogP contribution in [0.3, 0.4) is 0 Å². The SMILES string of the molecule is NC(=S)c1ccncc1N1CCC2CCCCC21. The van der Waals surface area contributed by atoms with Gasteiger partial charge in [0.15, 0.2) is 0 Å². The summed E-state index contributed by atoms with van der Waals surface area (Å²) in [7, 11) is 0. The van der Waals surface area contributed by atoms with Gasteiger partial charge < -0.3 is 10.6 Å². The van der Waals surface area contributed by atoms with Gasteiger partial charge in [-0.1, -0.05) is 25.1 Å². The predicted molar refractivity (Wildman–Crippen MR) is 77.8 cm³/mol. The van der Waals surface area contributed by atoms with Crippen LogP contribution in [0.4, 0.5) is 5.69 Å². The van der Waals surface area contributed by atoms with Gasteiger partial charge in [0.2, 0.25) is 0 Å². The van der Waals surface area contributed by atoms with Crippen molar-refractivity contribution < 1.29 is 0 Å². The zero-order valence-electron chi connectivity index (χ0n) is 10.5. The summed E-state index contributed by atoms with van der Waals surface area (Å²) in [6.45, 7) is 1.12. The lowest BCUT2D eigenvalue weighted by Crippen LogP contribution is -2.36. The Labute approximate surface area is 113 Å². The minimum atomic E-state index is 0.478. The van der Waals surface area contributed by atoms with E-state index in [9.17, 15) is 0 Å². The molecule has 0 spiro atoms. The molecule has 1 aliphatic heterocycles. The Morgan fingerprint density at radius 2 is 2.17 bits per heavy atom. The van der Waals surface area contributed by atoms with Gasteiger partial charge in [-0.15, -0.1) is 0 Å². The number of thiocarbonyl (C=S) groups is 1. The Balaban J connectivity index is 1.93. The van der Waals surface area contributed by atoms with Crippen LogP contribution in [0.1, 0.15) is 37.7 Å². The van der Waals surface area contributed by atoms with Crippen LogP contribution in [-0.4, -0.2) is 22.6 Å². The van der Waals surface area contributed by atoms with Gasteiger partial charge in [0.1, 0.15) is 4.99 Å².